The van der Waals surface area contributed by atoms with Gasteiger partial charge in [0.05, 0.1) is 12.6 Å². The van der Waals surface area contributed by atoms with Gasteiger partial charge in [-0.1, -0.05) is 44.9 Å². The van der Waals surface area contributed by atoms with E-state index < -0.39 is 0 Å². The minimum atomic E-state index is -0.119. The number of nitrogens with one attached hydrogen (secondary N) is 2. The predicted octanol–water partition coefficient (Wildman–Crippen LogP) is 2.89. The van der Waals surface area contributed by atoms with Gasteiger partial charge in [-0.2, -0.15) is 0 Å². The van der Waals surface area contributed by atoms with Crippen LogP contribution in [0.1, 0.15) is 52.0 Å². The van der Waals surface area contributed by atoms with Gasteiger partial charge in [0, 0.05) is 37.9 Å². The van der Waals surface area contributed by atoms with Crippen molar-refractivity contribution in [1.29, 1.82) is 0 Å². The predicted molar refractivity (Wildman–Crippen MR) is 121 cm³/mol. The standard InChI is InChI=1S/C24H38N4O2/c1-4-20-10-6-8-12-22(20)25-23(29)17-27-13-15-28(16-14-27)19(3)24(30)26-21-11-7-5-9-18(21)2/h6,8,10,12,18-19,21H,4-5,7,9,11,13-17H2,1-3H3,(H,25,29)(H,26,30)/t18-,19+,21+/m0/s1. The molecule has 2 amide bonds. The van der Waals surface area contributed by atoms with Gasteiger partial charge in [-0.25, -0.2) is 0 Å². The molecule has 2 fully saturated rings. The van der Waals surface area contributed by atoms with Crippen LogP contribution >= 0.6 is 0 Å². The summed E-state index contributed by atoms with van der Waals surface area (Å²) in [6, 6.07) is 8.17. The molecule has 2 N–H and O–H groups in total. The molecular weight excluding hydrogens is 376 g/mol. The highest BCUT2D eigenvalue weighted by atomic mass is 16.2. The summed E-state index contributed by atoms with van der Waals surface area (Å²) >= 11 is 0. The molecule has 0 spiro atoms. The van der Waals surface area contributed by atoms with E-state index in [1.807, 2.05) is 25.1 Å². The highest BCUT2D eigenvalue weighted by Gasteiger charge is 2.29. The summed E-state index contributed by atoms with van der Waals surface area (Å²) in [5.74, 6) is 0.751. The number of aryl methyl sites for hydroxylation is 1. The summed E-state index contributed by atoms with van der Waals surface area (Å²) in [5, 5.41) is 6.34. The molecule has 0 radical (unpaired) electrons. The van der Waals surface area contributed by atoms with Crippen molar-refractivity contribution < 1.29 is 9.59 Å². The van der Waals surface area contributed by atoms with Crippen LogP contribution in [-0.4, -0.2) is 66.4 Å². The number of para-hydroxylation sites is 1. The lowest BCUT2D eigenvalue weighted by Gasteiger charge is -2.38. The SMILES string of the molecule is CCc1ccccc1NC(=O)CN1CCN([C@H](C)C(=O)N[C@@H]2CCCC[C@@H]2C)CC1. The first-order valence-corrected chi connectivity index (χ1v) is 11.6. The van der Waals surface area contributed by atoms with Crippen LogP contribution in [0.5, 0.6) is 0 Å². The van der Waals surface area contributed by atoms with E-state index in [0.29, 0.717) is 18.5 Å². The fourth-order valence-electron chi connectivity index (χ4n) is 4.65. The lowest BCUT2D eigenvalue weighted by atomic mass is 9.86. The summed E-state index contributed by atoms with van der Waals surface area (Å²) in [4.78, 5) is 29.7. The Morgan fingerprint density at radius 2 is 1.80 bits per heavy atom. The Hall–Kier alpha value is -1.92. The monoisotopic (exact) mass is 414 g/mol. The molecule has 3 rings (SSSR count). The van der Waals surface area contributed by atoms with E-state index in [1.54, 1.807) is 0 Å². The quantitative estimate of drug-likeness (QED) is 0.720. The number of hydrogen-bond acceptors (Lipinski definition) is 4. The zero-order valence-corrected chi connectivity index (χ0v) is 18.8. The number of carbonyl (C=O) groups excluding carboxylic acids is 2. The summed E-state index contributed by atoms with van der Waals surface area (Å²) in [5.41, 5.74) is 2.06. The molecule has 3 atom stereocenters. The van der Waals surface area contributed by atoms with E-state index in [2.05, 4.69) is 40.3 Å². The van der Waals surface area contributed by atoms with Crippen molar-refractivity contribution in [2.75, 3.05) is 38.0 Å². The fourth-order valence-corrected chi connectivity index (χ4v) is 4.65. The van der Waals surface area contributed by atoms with Gasteiger partial charge >= 0.3 is 0 Å². The largest absolute Gasteiger partial charge is 0.352 e. The molecule has 0 bridgehead atoms. The van der Waals surface area contributed by atoms with E-state index in [4.69, 9.17) is 0 Å². The Morgan fingerprint density at radius 3 is 2.50 bits per heavy atom. The second-order valence-corrected chi connectivity index (χ2v) is 8.92. The van der Waals surface area contributed by atoms with Gasteiger partial charge in [0.2, 0.25) is 11.8 Å². The summed E-state index contributed by atoms with van der Waals surface area (Å²) in [7, 11) is 0. The Labute approximate surface area is 181 Å². The third-order valence-corrected chi connectivity index (χ3v) is 6.81. The molecule has 1 aliphatic heterocycles. The van der Waals surface area contributed by atoms with Crippen molar-refractivity contribution >= 4 is 17.5 Å². The average Bonchev–Trinajstić information content (AvgIpc) is 2.75. The van der Waals surface area contributed by atoms with Crippen molar-refractivity contribution in [3.8, 4) is 0 Å². The van der Waals surface area contributed by atoms with Gasteiger partial charge < -0.3 is 10.6 Å². The first-order chi connectivity index (χ1) is 14.5. The van der Waals surface area contributed by atoms with Crippen molar-refractivity contribution in [3.05, 3.63) is 29.8 Å². The number of carbonyl (C=O) groups is 2. The second kappa shape index (κ2) is 10.9. The Balaban J connectivity index is 1.42. The van der Waals surface area contributed by atoms with E-state index >= 15 is 0 Å². The first-order valence-electron chi connectivity index (χ1n) is 11.6. The van der Waals surface area contributed by atoms with Crippen molar-refractivity contribution in [2.45, 2.75) is 65.0 Å². The van der Waals surface area contributed by atoms with Crippen LogP contribution in [0.2, 0.25) is 0 Å². The molecule has 2 aliphatic rings. The molecule has 1 aromatic carbocycles. The van der Waals surface area contributed by atoms with Crippen LogP contribution in [0.25, 0.3) is 0 Å². The summed E-state index contributed by atoms with van der Waals surface area (Å²) in [6.07, 6.45) is 5.71. The molecule has 6 nitrogen and oxygen atoms in total. The molecule has 0 aromatic heterocycles. The third kappa shape index (κ3) is 6.05. The van der Waals surface area contributed by atoms with Crippen molar-refractivity contribution in [1.82, 2.24) is 15.1 Å². The molecule has 1 heterocycles. The van der Waals surface area contributed by atoms with E-state index in [9.17, 15) is 9.59 Å². The first kappa shape index (κ1) is 22.8. The normalized spacial score (nSPS) is 24.2. The maximum absolute atomic E-state index is 12.7. The zero-order valence-electron chi connectivity index (χ0n) is 18.8. The number of rotatable bonds is 7. The van der Waals surface area contributed by atoms with Gasteiger partial charge in [-0.3, -0.25) is 19.4 Å². The Kier molecular flexibility index (Phi) is 8.28. The van der Waals surface area contributed by atoms with Crippen LogP contribution in [0.4, 0.5) is 5.69 Å². The van der Waals surface area contributed by atoms with Gasteiger partial charge in [-0.05, 0) is 43.7 Å². The average molecular weight is 415 g/mol. The van der Waals surface area contributed by atoms with E-state index in [-0.39, 0.29) is 17.9 Å². The summed E-state index contributed by atoms with van der Waals surface area (Å²) < 4.78 is 0. The number of anilines is 1. The van der Waals surface area contributed by atoms with E-state index in [0.717, 1.165) is 50.3 Å². The highest BCUT2D eigenvalue weighted by Crippen LogP contribution is 2.24. The molecular formula is C24H38N4O2. The van der Waals surface area contributed by atoms with Crippen molar-refractivity contribution in [2.24, 2.45) is 5.92 Å². The maximum atomic E-state index is 12.7. The van der Waals surface area contributed by atoms with Gasteiger partial charge in [0.25, 0.3) is 0 Å². The molecule has 1 saturated carbocycles. The molecule has 0 unspecified atom stereocenters. The van der Waals surface area contributed by atoms with Crippen LogP contribution < -0.4 is 10.6 Å². The maximum Gasteiger partial charge on any atom is 0.238 e. The molecule has 6 heteroatoms. The number of amides is 2. The minimum absolute atomic E-state index is 0.0291. The molecule has 166 valence electrons. The highest BCUT2D eigenvalue weighted by molar-refractivity contribution is 5.93. The smallest absolute Gasteiger partial charge is 0.238 e. The number of benzene rings is 1. The van der Waals surface area contributed by atoms with Crippen LogP contribution in [0.3, 0.4) is 0 Å². The lowest BCUT2D eigenvalue weighted by molar-refractivity contribution is -0.128. The van der Waals surface area contributed by atoms with Crippen LogP contribution in [0, 0.1) is 5.92 Å². The molecule has 1 aliphatic carbocycles. The van der Waals surface area contributed by atoms with Crippen LogP contribution in [-0.2, 0) is 16.0 Å². The lowest BCUT2D eigenvalue weighted by Crippen LogP contribution is -2.56. The van der Waals surface area contributed by atoms with Gasteiger partial charge in [-0.15, -0.1) is 0 Å². The molecule has 1 aromatic rings. The number of piperazine rings is 1. The Morgan fingerprint density at radius 1 is 1.10 bits per heavy atom. The zero-order chi connectivity index (χ0) is 21.5. The van der Waals surface area contributed by atoms with Crippen molar-refractivity contribution in [3.63, 3.8) is 0 Å². The minimum Gasteiger partial charge on any atom is -0.352 e. The fraction of sp³-hybridized carbons (Fsp3) is 0.667. The van der Waals surface area contributed by atoms with Gasteiger partial charge in [0.15, 0.2) is 0 Å². The Bertz CT molecular complexity index is 715. The summed E-state index contributed by atoms with van der Waals surface area (Å²) in [6.45, 7) is 9.98. The van der Waals surface area contributed by atoms with Gasteiger partial charge in [0.1, 0.15) is 0 Å². The number of hydrogen-bond donors (Lipinski definition) is 2. The van der Waals surface area contributed by atoms with E-state index in [1.165, 1.54) is 19.3 Å². The second-order valence-electron chi connectivity index (χ2n) is 8.92. The molecule has 30 heavy (non-hydrogen) atoms. The van der Waals surface area contributed by atoms with Crippen LogP contribution in [0.15, 0.2) is 24.3 Å². The third-order valence-electron chi connectivity index (χ3n) is 6.81. The molecule has 1 saturated heterocycles. The number of nitrogens with zero attached hydrogens (tertiary/aromatic N) is 2. The topological polar surface area (TPSA) is 64.7 Å².